The third kappa shape index (κ3) is 6.63. The van der Waals surface area contributed by atoms with Crippen molar-refractivity contribution in [3.63, 3.8) is 0 Å². The molecule has 2 N–H and O–H groups in total. The number of rotatable bonds is 8. The van der Waals surface area contributed by atoms with E-state index in [-0.39, 0.29) is 11.8 Å². The molecule has 0 heterocycles. The number of amides is 2. The monoisotopic (exact) mass is 396 g/mol. The summed E-state index contributed by atoms with van der Waals surface area (Å²) in [5.41, 5.74) is 3.24. The average molecular weight is 397 g/mol. The summed E-state index contributed by atoms with van der Waals surface area (Å²) in [5.74, 6) is 1.11. The molecule has 0 aromatic heterocycles. The third-order valence-corrected chi connectivity index (χ3v) is 4.62. The van der Waals surface area contributed by atoms with Crippen LogP contribution in [0.15, 0.2) is 42.5 Å². The summed E-state index contributed by atoms with van der Waals surface area (Å²) in [6.07, 6.45) is -0.647. The van der Waals surface area contributed by atoms with Crippen LogP contribution in [0.3, 0.4) is 0 Å². The first-order chi connectivity index (χ1) is 13.7. The lowest BCUT2D eigenvalue weighted by molar-refractivity contribution is -0.122. The molecule has 0 radical (unpaired) electrons. The van der Waals surface area contributed by atoms with Crippen LogP contribution in [-0.2, 0) is 4.79 Å². The highest BCUT2D eigenvalue weighted by Gasteiger charge is 2.17. The van der Waals surface area contributed by atoms with Crippen LogP contribution >= 0.6 is 0 Å². The maximum Gasteiger partial charge on any atom is 0.265 e. The lowest BCUT2D eigenvalue weighted by atomic mass is 10.0. The maximum atomic E-state index is 12.6. The highest BCUT2D eigenvalue weighted by molar-refractivity contribution is 5.97. The maximum absolute atomic E-state index is 12.6. The van der Waals surface area contributed by atoms with Gasteiger partial charge >= 0.3 is 0 Å². The summed E-state index contributed by atoms with van der Waals surface area (Å²) >= 11 is 0. The molecule has 0 saturated heterocycles. The summed E-state index contributed by atoms with van der Waals surface area (Å²) in [4.78, 5) is 24.8. The zero-order valence-electron chi connectivity index (χ0n) is 18.2. The second kappa shape index (κ2) is 10.1. The Hall–Kier alpha value is -2.82. The molecule has 29 heavy (non-hydrogen) atoms. The van der Waals surface area contributed by atoms with Crippen LogP contribution in [0.4, 0.5) is 5.69 Å². The van der Waals surface area contributed by atoms with Crippen LogP contribution in [0.1, 0.15) is 62.0 Å². The Labute approximate surface area is 173 Å². The Morgan fingerprint density at radius 3 is 2.34 bits per heavy atom. The van der Waals surface area contributed by atoms with Gasteiger partial charge in [-0.25, -0.2) is 0 Å². The summed E-state index contributed by atoms with van der Waals surface area (Å²) in [5, 5.41) is 5.79. The van der Waals surface area contributed by atoms with Gasteiger partial charge in [-0.2, -0.15) is 0 Å². The van der Waals surface area contributed by atoms with Gasteiger partial charge in [-0.3, -0.25) is 9.59 Å². The van der Waals surface area contributed by atoms with Gasteiger partial charge in [0.05, 0.1) is 0 Å². The first-order valence-corrected chi connectivity index (χ1v) is 10.1. The van der Waals surface area contributed by atoms with Crippen LogP contribution in [0, 0.1) is 12.8 Å². The highest BCUT2D eigenvalue weighted by atomic mass is 16.5. The van der Waals surface area contributed by atoms with Crippen molar-refractivity contribution in [1.82, 2.24) is 5.32 Å². The molecular formula is C24H32N2O3. The van der Waals surface area contributed by atoms with Gasteiger partial charge in [-0.05, 0) is 67.1 Å². The van der Waals surface area contributed by atoms with E-state index >= 15 is 0 Å². The number of ether oxygens (including phenoxy) is 1. The van der Waals surface area contributed by atoms with Crippen molar-refractivity contribution in [2.45, 2.75) is 53.6 Å². The molecule has 2 aromatic carbocycles. The van der Waals surface area contributed by atoms with Crippen molar-refractivity contribution in [2.24, 2.45) is 5.92 Å². The van der Waals surface area contributed by atoms with E-state index in [1.165, 1.54) is 0 Å². The second-order valence-corrected chi connectivity index (χ2v) is 8.11. The van der Waals surface area contributed by atoms with Gasteiger partial charge in [0.15, 0.2) is 6.10 Å². The minimum absolute atomic E-state index is 0.110. The lowest BCUT2D eigenvalue weighted by Crippen LogP contribution is -2.30. The standard InChI is InChI=1S/C24H32N2O3/c1-15(2)14-25-24(28)20-10-11-22(17(5)12-20)26-23(27)18(6)29-21-9-7-8-19(13-21)16(3)4/h7-13,15-16,18H,14H2,1-6H3,(H,25,28)(H,26,27). The molecule has 1 atom stereocenters. The van der Waals surface area contributed by atoms with Gasteiger partial charge in [0.25, 0.3) is 11.8 Å². The number of benzene rings is 2. The van der Waals surface area contributed by atoms with Gasteiger partial charge in [0.2, 0.25) is 0 Å². The van der Waals surface area contributed by atoms with Crippen LogP contribution in [0.5, 0.6) is 5.75 Å². The second-order valence-electron chi connectivity index (χ2n) is 8.11. The number of hydrogen-bond donors (Lipinski definition) is 2. The van der Waals surface area contributed by atoms with Gasteiger partial charge in [0.1, 0.15) is 5.75 Å². The van der Waals surface area contributed by atoms with Gasteiger partial charge < -0.3 is 15.4 Å². The van der Waals surface area contributed by atoms with Crippen LogP contribution in [-0.4, -0.2) is 24.5 Å². The van der Waals surface area contributed by atoms with E-state index in [1.54, 1.807) is 25.1 Å². The smallest absolute Gasteiger partial charge is 0.265 e. The van der Waals surface area contributed by atoms with Crippen molar-refractivity contribution in [3.05, 3.63) is 59.2 Å². The van der Waals surface area contributed by atoms with Crippen molar-refractivity contribution < 1.29 is 14.3 Å². The van der Waals surface area contributed by atoms with E-state index in [4.69, 9.17) is 4.74 Å². The molecule has 0 aliphatic heterocycles. The molecule has 5 nitrogen and oxygen atoms in total. The SMILES string of the molecule is Cc1cc(C(=O)NCC(C)C)ccc1NC(=O)C(C)Oc1cccc(C(C)C)c1. The Morgan fingerprint density at radius 1 is 1.00 bits per heavy atom. The Bertz CT molecular complexity index is 859. The molecule has 5 heteroatoms. The molecule has 1 unspecified atom stereocenters. The molecule has 2 aromatic rings. The van der Waals surface area contributed by atoms with E-state index in [2.05, 4.69) is 24.5 Å². The molecule has 2 rings (SSSR count). The zero-order valence-corrected chi connectivity index (χ0v) is 18.2. The number of aryl methyl sites for hydroxylation is 1. The molecule has 0 bridgehead atoms. The molecule has 0 saturated carbocycles. The molecule has 2 amide bonds. The number of nitrogens with one attached hydrogen (secondary N) is 2. The fourth-order valence-corrected chi connectivity index (χ4v) is 2.78. The van der Waals surface area contributed by atoms with E-state index in [1.807, 2.05) is 45.0 Å². The molecular weight excluding hydrogens is 364 g/mol. The Balaban J connectivity index is 2.00. The summed E-state index contributed by atoms with van der Waals surface area (Å²) in [6.45, 7) is 12.5. The largest absolute Gasteiger partial charge is 0.481 e. The van der Waals surface area contributed by atoms with E-state index in [9.17, 15) is 9.59 Å². The van der Waals surface area contributed by atoms with Crippen LogP contribution in [0.2, 0.25) is 0 Å². The van der Waals surface area contributed by atoms with Crippen LogP contribution in [0.25, 0.3) is 0 Å². The Morgan fingerprint density at radius 2 is 1.72 bits per heavy atom. The minimum Gasteiger partial charge on any atom is -0.481 e. The zero-order chi connectivity index (χ0) is 21.6. The predicted molar refractivity (Wildman–Crippen MR) is 118 cm³/mol. The minimum atomic E-state index is -0.647. The summed E-state index contributed by atoms with van der Waals surface area (Å²) < 4.78 is 5.82. The third-order valence-electron chi connectivity index (χ3n) is 4.62. The Kier molecular flexibility index (Phi) is 7.82. The summed E-state index contributed by atoms with van der Waals surface area (Å²) in [6, 6.07) is 13.0. The lowest BCUT2D eigenvalue weighted by Gasteiger charge is -2.17. The molecule has 0 aliphatic rings. The fraction of sp³-hybridized carbons (Fsp3) is 0.417. The molecule has 0 aliphatic carbocycles. The van der Waals surface area contributed by atoms with Crippen molar-refractivity contribution in [2.75, 3.05) is 11.9 Å². The first-order valence-electron chi connectivity index (χ1n) is 10.1. The number of carbonyl (C=O) groups excluding carboxylic acids is 2. The number of anilines is 1. The number of hydrogen-bond acceptors (Lipinski definition) is 3. The van der Waals surface area contributed by atoms with Gasteiger partial charge in [-0.15, -0.1) is 0 Å². The summed E-state index contributed by atoms with van der Waals surface area (Å²) in [7, 11) is 0. The fourth-order valence-electron chi connectivity index (χ4n) is 2.78. The number of carbonyl (C=O) groups is 2. The highest BCUT2D eigenvalue weighted by Crippen LogP contribution is 2.22. The normalized spacial score (nSPS) is 12.0. The quantitative estimate of drug-likeness (QED) is 0.666. The van der Waals surface area contributed by atoms with E-state index in [0.29, 0.717) is 35.4 Å². The first kappa shape index (κ1) is 22.5. The van der Waals surface area contributed by atoms with Gasteiger partial charge in [-0.1, -0.05) is 39.8 Å². The predicted octanol–water partition coefficient (Wildman–Crippen LogP) is 4.91. The van der Waals surface area contributed by atoms with Gasteiger partial charge in [0, 0.05) is 17.8 Å². The van der Waals surface area contributed by atoms with E-state index in [0.717, 1.165) is 11.1 Å². The van der Waals surface area contributed by atoms with Crippen molar-refractivity contribution >= 4 is 17.5 Å². The molecule has 0 spiro atoms. The van der Waals surface area contributed by atoms with E-state index < -0.39 is 6.10 Å². The van der Waals surface area contributed by atoms with Crippen LogP contribution < -0.4 is 15.4 Å². The molecule has 156 valence electrons. The topological polar surface area (TPSA) is 67.4 Å². The van der Waals surface area contributed by atoms with Crippen molar-refractivity contribution in [3.8, 4) is 5.75 Å². The molecule has 0 fully saturated rings. The van der Waals surface area contributed by atoms with Crippen molar-refractivity contribution in [1.29, 1.82) is 0 Å². The average Bonchev–Trinajstić information content (AvgIpc) is 2.67.